The van der Waals surface area contributed by atoms with Crippen molar-refractivity contribution in [2.75, 3.05) is 7.11 Å². The van der Waals surface area contributed by atoms with Crippen LogP contribution in [0.3, 0.4) is 0 Å². The maximum absolute atomic E-state index is 6.22. The molecule has 0 saturated heterocycles. The molecule has 2 N–H and O–H groups in total. The quantitative estimate of drug-likeness (QED) is 0.830. The van der Waals surface area contributed by atoms with E-state index < -0.39 is 0 Å². The highest BCUT2D eigenvalue weighted by atomic mass is 16.5. The normalized spacial score (nSPS) is 30.1. The Hall–Kier alpha value is -1.02. The first kappa shape index (κ1) is 11.5. The van der Waals surface area contributed by atoms with E-state index >= 15 is 0 Å². The molecular formula is C14H21NO. The third kappa shape index (κ3) is 2.38. The van der Waals surface area contributed by atoms with E-state index in [0.29, 0.717) is 12.0 Å². The van der Waals surface area contributed by atoms with Crippen molar-refractivity contribution in [3.05, 3.63) is 29.8 Å². The van der Waals surface area contributed by atoms with E-state index in [1.165, 1.54) is 18.4 Å². The average molecular weight is 219 g/mol. The summed E-state index contributed by atoms with van der Waals surface area (Å²) in [5, 5.41) is 0. The standard InChI is InChI=1S/C14H21NO/c1-10-6-7-14(15)13(8-10)11-4-3-5-12(9-11)16-2/h3-5,9-10,13-14H,6-8,15H2,1-2H3. The highest BCUT2D eigenvalue weighted by molar-refractivity contribution is 5.32. The molecule has 1 aliphatic carbocycles. The predicted molar refractivity (Wildman–Crippen MR) is 66.7 cm³/mol. The van der Waals surface area contributed by atoms with E-state index in [2.05, 4.69) is 25.1 Å². The van der Waals surface area contributed by atoms with Crippen molar-refractivity contribution in [3.63, 3.8) is 0 Å². The first-order valence-electron chi connectivity index (χ1n) is 6.10. The number of methoxy groups -OCH3 is 1. The summed E-state index contributed by atoms with van der Waals surface area (Å²) in [4.78, 5) is 0. The predicted octanol–water partition coefficient (Wildman–Crippen LogP) is 2.93. The van der Waals surface area contributed by atoms with Crippen LogP contribution < -0.4 is 10.5 Å². The van der Waals surface area contributed by atoms with Gasteiger partial charge in [-0.15, -0.1) is 0 Å². The van der Waals surface area contributed by atoms with Crippen molar-refractivity contribution < 1.29 is 4.74 Å². The second-order valence-corrected chi connectivity index (χ2v) is 4.97. The van der Waals surface area contributed by atoms with Gasteiger partial charge in [-0.05, 0) is 48.8 Å². The second kappa shape index (κ2) is 4.88. The molecule has 1 aromatic carbocycles. The van der Waals surface area contributed by atoms with E-state index in [1.807, 2.05) is 6.07 Å². The zero-order valence-electron chi connectivity index (χ0n) is 10.1. The van der Waals surface area contributed by atoms with Crippen molar-refractivity contribution >= 4 is 0 Å². The van der Waals surface area contributed by atoms with Gasteiger partial charge in [0.2, 0.25) is 0 Å². The molecule has 2 rings (SSSR count). The number of nitrogens with two attached hydrogens (primary N) is 1. The van der Waals surface area contributed by atoms with E-state index in [1.54, 1.807) is 7.11 Å². The lowest BCUT2D eigenvalue weighted by Gasteiger charge is -2.33. The van der Waals surface area contributed by atoms with Crippen LogP contribution in [0.25, 0.3) is 0 Å². The summed E-state index contributed by atoms with van der Waals surface area (Å²) in [6.07, 6.45) is 3.61. The van der Waals surface area contributed by atoms with E-state index in [0.717, 1.165) is 18.1 Å². The van der Waals surface area contributed by atoms with Gasteiger partial charge in [-0.25, -0.2) is 0 Å². The Labute approximate surface area is 97.8 Å². The van der Waals surface area contributed by atoms with Gasteiger partial charge in [0.05, 0.1) is 7.11 Å². The lowest BCUT2D eigenvalue weighted by molar-refractivity contribution is 0.305. The molecule has 0 spiro atoms. The zero-order valence-corrected chi connectivity index (χ0v) is 10.1. The molecule has 1 aliphatic rings. The van der Waals surface area contributed by atoms with Crippen LogP contribution in [-0.2, 0) is 0 Å². The molecule has 0 radical (unpaired) electrons. The van der Waals surface area contributed by atoms with Crippen molar-refractivity contribution in [3.8, 4) is 5.75 Å². The Bertz CT molecular complexity index is 350. The number of rotatable bonds is 2. The van der Waals surface area contributed by atoms with Gasteiger partial charge >= 0.3 is 0 Å². The molecule has 2 heteroatoms. The van der Waals surface area contributed by atoms with Crippen molar-refractivity contribution in [1.82, 2.24) is 0 Å². The molecule has 0 bridgehead atoms. The van der Waals surface area contributed by atoms with Crippen LogP contribution in [0.1, 0.15) is 37.7 Å². The monoisotopic (exact) mass is 219 g/mol. The highest BCUT2D eigenvalue weighted by Gasteiger charge is 2.27. The Morgan fingerprint density at radius 2 is 2.12 bits per heavy atom. The van der Waals surface area contributed by atoms with Crippen LogP contribution in [0.4, 0.5) is 0 Å². The number of benzene rings is 1. The molecule has 88 valence electrons. The van der Waals surface area contributed by atoms with Gasteiger partial charge in [-0.2, -0.15) is 0 Å². The Morgan fingerprint density at radius 3 is 2.88 bits per heavy atom. The van der Waals surface area contributed by atoms with Gasteiger partial charge in [-0.1, -0.05) is 19.1 Å². The van der Waals surface area contributed by atoms with E-state index in [9.17, 15) is 0 Å². The molecule has 1 aromatic rings. The molecule has 1 fully saturated rings. The molecular weight excluding hydrogens is 198 g/mol. The van der Waals surface area contributed by atoms with Gasteiger partial charge in [0.25, 0.3) is 0 Å². The number of hydrogen-bond acceptors (Lipinski definition) is 2. The van der Waals surface area contributed by atoms with Gasteiger partial charge in [-0.3, -0.25) is 0 Å². The molecule has 16 heavy (non-hydrogen) atoms. The zero-order chi connectivity index (χ0) is 11.5. The maximum Gasteiger partial charge on any atom is 0.119 e. The topological polar surface area (TPSA) is 35.2 Å². The summed E-state index contributed by atoms with van der Waals surface area (Å²) in [7, 11) is 1.71. The van der Waals surface area contributed by atoms with Crippen molar-refractivity contribution in [2.24, 2.45) is 11.7 Å². The average Bonchev–Trinajstić information content (AvgIpc) is 2.32. The molecule has 1 saturated carbocycles. The number of hydrogen-bond donors (Lipinski definition) is 1. The summed E-state index contributed by atoms with van der Waals surface area (Å²) >= 11 is 0. The Morgan fingerprint density at radius 1 is 1.31 bits per heavy atom. The largest absolute Gasteiger partial charge is 0.497 e. The summed E-state index contributed by atoms with van der Waals surface area (Å²) in [5.41, 5.74) is 7.56. The molecule has 0 aliphatic heterocycles. The van der Waals surface area contributed by atoms with Crippen LogP contribution in [0, 0.1) is 5.92 Å². The van der Waals surface area contributed by atoms with Crippen molar-refractivity contribution in [2.45, 2.75) is 38.1 Å². The molecule has 2 nitrogen and oxygen atoms in total. The van der Waals surface area contributed by atoms with Crippen LogP contribution in [0.15, 0.2) is 24.3 Å². The minimum absolute atomic E-state index is 0.309. The highest BCUT2D eigenvalue weighted by Crippen LogP contribution is 2.36. The first-order chi connectivity index (χ1) is 7.70. The lowest BCUT2D eigenvalue weighted by atomic mass is 9.76. The Kier molecular flexibility index (Phi) is 3.49. The molecule has 3 atom stereocenters. The fourth-order valence-electron chi connectivity index (χ4n) is 2.66. The van der Waals surface area contributed by atoms with Gasteiger partial charge in [0.15, 0.2) is 0 Å². The maximum atomic E-state index is 6.22. The van der Waals surface area contributed by atoms with Crippen LogP contribution >= 0.6 is 0 Å². The third-order valence-corrected chi connectivity index (χ3v) is 3.69. The molecule has 0 amide bonds. The van der Waals surface area contributed by atoms with Crippen LogP contribution in [0.5, 0.6) is 5.75 Å². The van der Waals surface area contributed by atoms with E-state index in [-0.39, 0.29) is 0 Å². The Balaban J connectivity index is 2.20. The fraction of sp³-hybridized carbons (Fsp3) is 0.571. The molecule has 3 unspecified atom stereocenters. The van der Waals surface area contributed by atoms with Crippen LogP contribution in [0.2, 0.25) is 0 Å². The summed E-state index contributed by atoms with van der Waals surface area (Å²) < 4.78 is 5.27. The molecule has 0 heterocycles. The summed E-state index contributed by atoms with van der Waals surface area (Å²) in [6.45, 7) is 2.32. The summed E-state index contributed by atoms with van der Waals surface area (Å²) in [5.74, 6) is 2.22. The van der Waals surface area contributed by atoms with Gasteiger partial charge in [0.1, 0.15) is 5.75 Å². The summed E-state index contributed by atoms with van der Waals surface area (Å²) in [6, 6.07) is 8.65. The minimum Gasteiger partial charge on any atom is -0.497 e. The minimum atomic E-state index is 0.309. The third-order valence-electron chi connectivity index (χ3n) is 3.69. The fourth-order valence-corrected chi connectivity index (χ4v) is 2.66. The second-order valence-electron chi connectivity index (χ2n) is 4.97. The van der Waals surface area contributed by atoms with Gasteiger partial charge < -0.3 is 10.5 Å². The lowest BCUT2D eigenvalue weighted by Crippen LogP contribution is -2.33. The van der Waals surface area contributed by atoms with E-state index in [4.69, 9.17) is 10.5 Å². The first-order valence-corrected chi connectivity index (χ1v) is 6.10. The molecule has 0 aromatic heterocycles. The number of ether oxygens (including phenoxy) is 1. The van der Waals surface area contributed by atoms with Crippen LogP contribution in [-0.4, -0.2) is 13.2 Å². The van der Waals surface area contributed by atoms with Crippen molar-refractivity contribution in [1.29, 1.82) is 0 Å². The van der Waals surface area contributed by atoms with Gasteiger partial charge in [0, 0.05) is 6.04 Å². The smallest absolute Gasteiger partial charge is 0.119 e. The SMILES string of the molecule is COc1cccc(C2CC(C)CCC2N)c1.